The molecule has 1 atom stereocenters. The fraction of sp³-hybridized carbons (Fsp3) is 0.400. The number of halogens is 2. The highest BCUT2D eigenvalue weighted by Crippen LogP contribution is 2.35. The highest BCUT2D eigenvalue weighted by molar-refractivity contribution is 6.32. The minimum Gasteiger partial charge on any atom is -0.385 e. The Morgan fingerprint density at radius 1 is 1.10 bits per heavy atom. The third-order valence-corrected chi connectivity index (χ3v) is 6.66. The van der Waals surface area contributed by atoms with Gasteiger partial charge in [-0.05, 0) is 56.0 Å². The second kappa shape index (κ2) is 8.95. The molecule has 31 heavy (non-hydrogen) atoms. The fourth-order valence-corrected chi connectivity index (χ4v) is 4.95. The van der Waals surface area contributed by atoms with Crippen LogP contribution in [0.5, 0.6) is 0 Å². The summed E-state index contributed by atoms with van der Waals surface area (Å²) >= 11 is 12.6. The molecule has 0 bridgehead atoms. The number of benzene rings is 2. The number of rotatable bonds is 5. The Bertz CT molecular complexity index is 1060. The Morgan fingerprint density at radius 2 is 1.81 bits per heavy atom. The number of aliphatic hydroxyl groups is 1. The number of para-hydroxylation sites is 1. The quantitative estimate of drug-likeness (QED) is 0.487. The van der Waals surface area contributed by atoms with Gasteiger partial charge >= 0.3 is 0 Å². The van der Waals surface area contributed by atoms with E-state index >= 15 is 0 Å². The number of hydrogen-bond donors (Lipinski definition) is 1. The standard InChI is InChI=1S/C25H29Cl2N3O/c1-17-23(22(31)15-29-14-6-13-25(2,3)16-29)28-30(21-8-5-4-7-20(21)27)24(17)18-9-11-19(26)12-10-18/h4-5,7-12,22,31H,6,13-16H2,1-3H3. The zero-order chi connectivity index (χ0) is 22.2. The Balaban J connectivity index is 1.74. The molecule has 1 fully saturated rings. The molecule has 0 radical (unpaired) electrons. The van der Waals surface area contributed by atoms with E-state index < -0.39 is 6.10 Å². The van der Waals surface area contributed by atoms with Crippen molar-refractivity contribution in [2.45, 2.75) is 39.7 Å². The van der Waals surface area contributed by atoms with Crippen LogP contribution >= 0.6 is 23.2 Å². The summed E-state index contributed by atoms with van der Waals surface area (Å²) in [6, 6.07) is 15.3. The maximum atomic E-state index is 11.2. The van der Waals surface area contributed by atoms with Gasteiger partial charge in [-0.15, -0.1) is 0 Å². The topological polar surface area (TPSA) is 41.3 Å². The Hall–Kier alpha value is -1.85. The van der Waals surface area contributed by atoms with Crippen molar-refractivity contribution >= 4 is 23.2 Å². The number of β-amino-alcohol motifs (C(OH)–C–C–N with tert-alkyl or cyclic N) is 1. The van der Waals surface area contributed by atoms with E-state index in [4.69, 9.17) is 28.3 Å². The Labute approximate surface area is 194 Å². The third-order valence-electron chi connectivity index (χ3n) is 6.08. The van der Waals surface area contributed by atoms with E-state index in [1.54, 1.807) is 0 Å². The van der Waals surface area contributed by atoms with Crippen LogP contribution in [0.1, 0.15) is 44.1 Å². The van der Waals surface area contributed by atoms with E-state index in [0.29, 0.717) is 22.3 Å². The maximum absolute atomic E-state index is 11.2. The summed E-state index contributed by atoms with van der Waals surface area (Å²) < 4.78 is 1.85. The van der Waals surface area contributed by atoms with Crippen LogP contribution in [0.25, 0.3) is 16.9 Å². The van der Waals surface area contributed by atoms with E-state index in [0.717, 1.165) is 42.0 Å². The minimum atomic E-state index is -0.677. The summed E-state index contributed by atoms with van der Waals surface area (Å²) in [5.74, 6) is 0. The van der Waals surface area contributed by atoms with Crippen LogP contribution in [0, 0.1) is 12.3 Å². The van der Waals surface area contributed by atoms with Gasteiger partial charge in [-0.2, -0.15) is 5.10 Å². The number of aromatic nitrogens is 2. The van der Waals surface area contributed by atoms with Crippen molar-refractivity contribution in [2.75, 3.05) is 19.6 Å². The summed E-state index contributed by atoms with van der Waals surface area (Å²) in [6.45, 7) is 9.17. The lowest BCUT2D eigenvalue weighted by molar-refractivity contribution is 0.0576. The van der Waals surface area contributed by atoms with E-state index in [2.05, 4.69) is 18.7 Å². The van der Waals surface area contributed by atoms with Crippen molar-refractivity contribution in [3.63, 3.8) is 0 Å². The molecule has 164 valence electrons. The van der Waals surface area contributed by atoms with Crippen molar-refractivity contribution < 1.29 is 5.11 Å². The van der Waals surface area contributed by atoms with Gasteiger partial charge < -0.3 is 5.11 Å². The first-order valence-corrected chi connectivity index (χ1v) is 11.5. The molecular weight excluding hydrogens is 429 g/mol. The summed E-state index contributed by atoms with van der Waals surface area (Å²) in [5.41, 5.74) is 4.59. The van der Waals surface area contributed by atoms with Crippen molar-refractivity contribution in [1.82, 2.24) is 14.7 Å². The van der Waals surface area contributed by atoms with Crippen LogP contribution in [-0.2, 0) is 0 Å². The number of nitrogens with zero attached hydrogens (tertiary/aromatic N) is 3. The van der Waals surface area contributed by atoms with Crippen LogP contribution in [0.2, 0.25) is 10.0 Å². The molecule has 1 aliphatic rings. The summed E-state index contributed by atoms with van der Waals surface area (Å²) in [5, 5.41) is 17.4. The highest BCUT2D eigenvalue weighted by Gasteiger charge is 2.30. The smallest absolute Gasteiger partial charge is 0.111 e. The van der Waals surface area contributed by atoms with Crippen LogP contribution in [0.15, 0.2) is 48.5 Å². The van der Waals surface area contributed by atoms with Crippen molar-refractivity contribution in [2.24, 2.45) is 5.41 Å². The van der Waals surface area contributed by atoms with Gasteiger partial charge in [0.1, 0.15) is 6.10 Å². The van der Waals surface area contributed by atoms with Gasteiger partial charge in [-0.3, -0.25) is 4.90 Å². The van der Waals surface area contributed by atoms with Gasteiger partial charge in [0.15, 0.2) is 0 Å². The van der Waals surface area contributed by atoms with Gasteiger partial charge in [0, 0.05) is 29.2 Å². The van der Waals surface area contributed by atoms with Crippen LogP contribution < -0.4 is 0 Å². The average molecular weight is 458 g/mol. The largest absolute Gasteiger partial charge is 0.385 e. The maximum Gasteiger partial charge on any atom is 0.111 e. The van der Waals surface area contributed by atoms with Crippen molar-refractivity contribution in [1.29, 1.82) is 0 Å². The van der Waals surface area contributed by atoms with E-state index in [-0.39, 0.29) is 5.41 Å². The molecule has 1 aliphatic heterocycles. The number of hydrogen-bond acceptors (Lipinski definition) is 3. The molecule has 1 aromatic heterocycles. The average Bonchev–Trinajstić information content (AvgIpc) is 3.05. The number of aliphatic hydroxyl groups excluding tert-OH is 1. The SMILES string of the molecule is Cc1c(C(O)CN2CCCC(C)(C)C2)nn(-c2ccccc2Cl)c1-c1ccc(Cl)cc1. The number of piperidine rings is 1. The first kappa shape index (κ1) is 22.3. The molecular formula is C25H29Cl2N3O. The lowest BCUT2D eigenvalue weighted by Crippen LogP contribution is -2.42. The zero-order valence-corrected chi connectivity index (χ0v) is 19.8. The lowest BCUT2D eigenvalue weighted by Gasteiger charge is -2.38. The lowest BCUT2D eigenvalue weighted by atomic mass is 9.84. The van der Waals surface area contributed by atoms with Crippen molar-refractivity contribution in [3.8, 4) is 16.9 Å². The molecule has 4 rings (SSSR count). The van der Waals surface area contributed by atoms with E-state index in [1.807, 2.05) is 60.1 Å². The van der Waals surface area contributed by atoms with Crippen LogP contribution in [0.3, 0.4) is 0 Å². The summed E-state index contributed by atoms with van der Waals surface area (Å²) in [6.07, 6.45) is 1.70. The normalized spacial score (nSPS) is 17.6. The summed E-state index contributed by atoms with van der Waals surface area (Å²) in [7, 11) is 0. The minimum absolute atomic E-state index is 0.276. The molecule has 0 amide bonds. The van der Waals surface area contributed by atoms with Crippen LogP contribution in [-0.4, -0.2) is 39.4 Å². The van der Waals surface area contributed by atoms with Crippen molar-refractivity contribution in [3.05, 3.63) is 69.8 Å². The number of likely N-dealkylation sites (tertiary alicyclic amines) is 1. The third kappa shape index (κ3) is 4.83. The molecule has 6 heteroatoms. The van der Waals surface area contributed by atoms with Gasteiger partial charge in [0.25, 0.3) is 0 Å². The zero-order valence-electron chi connectivity index (χ0n) is 18.3. The Morgan fingerprint density at radius 3 is 2.48 bits per heavy atom. The first-order chi connectivity index (χ1) is 14.7. The molecule has 1 unspecified atom stereocenters. The summed E-state index contributed by atoms with van der Waals surface area (Å²) in [4.78, 5) is 2.35. The highest BCUT2D eigenvalue weighted by atomic mass is 35.5. The molecule has 2 heterocycles. The van der Waals surface area contributed by atoms with Crippen LogP contribution in [0.4, 0.5) is 0 Å². The van der Waals surface area contributed by atoms with E-state index in [9.17, 15) is 5.11 Å². The molecule has 0 saturated carbocycles. The first-order valence-electron chi connectivity index (χ1n) is 10.8. The molecule has 4 nitrogen and oxygen atoms in total. The molecule has 1 N–H and O–H groups in total. The predicted octanol–water partition coefficient (Wildman–Crippen LogP) is 6.31. The monoisotopic (exact) mass is 457 g/mol. The molecule has 2 aromatic carbocycles. The fourth-order valence-electron chi connectivity index (χ4n) is 4.61. The van der Waals surface area contributed by atoms with Gasteiger partial charge in [-0.25, -0.2) is 4.68 Å². The molecule has 3 aromatic rings. The van der Waals surface area contributed by atoms with Gasteiger partial charge in [-0.1, -0.05) is 61.3 Å². The molecule has 0 aliphatic carbocycles. The predicted molar refractivity (Wildman–Crippen MR) is 128 cm³/mol. The van der Waals surface area contributed by atoms with Gasteiger partial charge in [0.2, 0.25) is 0 Å². The second-order valence-electron chi connectivity index (χ2n) is 9.25. The second-order valence-corrected chi connectivity index (χ2v) is 10.1. The van der Waals surface area contributed by atoms with Gasteiger partial charge in [0.05, 0.1) is 22.1 Å². The van der Waals surface area contributed by atoms with E-state index in [1.165, 1.54) is 6.42 Å². The molecule has 0 spiro atoms. The molecule has 1 saturated heterocycles. The Kier molecular flexibility index (Phi) is 6.45.